The molecule has 5 aromatic carbocycles. The summed E-state index contributed by atoms with van der Waals surface area (Å²) < 4.78 is 41.0. The minimum atomic E-state index is -4.01. The molecule has 0 N–H and O–H groups in total. The van der Waals surface area contributed by atoms with E-state index in [4.69, 9.17) is 9.47 Å². The average molecular weight is 759 g/mol. The molecule has 0 spiro atoms. The highest BCUT2D eigenvalue weighted by atomic mass is 32.2. The number of hydrogen-bond donors (Lipinski definition) is 0. The molecular weight excluding hydrogens is 709 g/mol. The van der Waals surface area contributed by atoms with Crippen molar-refractivity contribution in [2.24, 2.45) is 0 Å². The Bertz CT molecular complexity index is 2180. The molecule has 1 aliphatic carbocycles. The van der Waals surface area contributed by atoms with Gasteiger partial charge >= 0.3 is 5.97 Å². The summed E-state index contributed by atoms with van der Waals surface area (Å²) in [6.45, 7) is 5.50. The molecule has 5 aromatic rings. The predicted molar refractivity (Wildman–Crippen MR) is 217 cm³/mol. The van der Waals surface area contributed by atoms with E-state index in [9.17, 15) is 18.0 Å². The van der Waals surface area contributed by atoms with Crippen molar-refractivity contribution in [3.63, 3.8) is 0 Å². The van der Waals surface area contributed by atoms with E-state index in [1.54, 1.807) is 36.9 Å². The minimum Gasteiger partial charge on any atom is -0.488 e. The largest absolute Gasteiger partial charge is 0.488 e. The molecule has 0 atom stereocenters. The Morgan fingerprint density at radius 2 is 1.31 bits per heavy atom. The summed E-state index contributed by atoms with van der Waals surface area (Å²) in [5.41, 5.74) is 6.82. The number of nitrogens with zero attached hydrogens (tertiary/aromatic N) is 2. The lowest BCUT2D eigenvalue weighted by Crippen LogP contribution is -2.41. The van der Waals surface area contributed by atoms with Gasteiger partial charge < -0.3 is 14.4 Å². The SMILES string of the molecule is Cc1cc(C)c(S(=O)(=O)N(C)CC(=O)N(Cc2ccc(C3CCCCC3)cc2)c2ccc(C(=O)OCc3ccccc3)c(OCc3ccccc3)c2)c(C)c1. The third-order valence-electron chi connectivity index (χ3n) is 10.3. The maximum absolute atomic E-state index is 14.4. The van der Waals surface area contributed by atoms with E-state index < -0.39 is 28.4 Å². The van der Waals surface area contributed by atoms with E-state index in [1.807, 2.05) is 91.9 Å². The Morgan fingerprint density at radius 3 is 1.93 bits per heavy atom. The van der Waals surface area contributed by atoms with Gasteiger partial charge in [0.1, 0.15) is 24.5 Å². The summed E-state index contributed by atoms with van der Waals surface area (Å²) in [6.07, 6.45) is 6.10. The van der Waals surface area contributed by atoms with Crippen LogP contribution in [0.3, 0.4) is 0 Å². The third kappa shape index (κ3) is 9.90. The highest BCUT2D eigenvalue weighted by Gasteiger charge is 2.30. The number of likely N-dealkylation sites (N-methyl/N-ethyl adjacent to an activating group) is 1. The van der Waals surface area contributed by atoms with E-state index >= 15 is 0 Å². The van der Waals surface area contributed by atoms with Gasteiger partial charge in [-0.3, -0.25) is 4.79 Å². The molecule has 1 saturated carbocycles. The van der Waals surface area contributed by atoms with Gasteiger partial charge in [-0.15, -0.1) is 0 Å². The van der Waals surface area contributed by atoms with Crippen LogP contribution in [0.5, 0.6) is 5.75 Å². The van der Waals surface area contributed by atoms with Crippen LogP contribution in [-0.4, -0.2) is 38.2 Å². The fourth-order valence-electron chi connectivity index (χ4n) is 7.43. The first-order chi connectivity index (χ1) is 26.5. The number of carbonyl (C=O) groups excluding carboxylic acids is 2. The lowest BCUT2D eigenvalue weighted by Gasteiger charge is -2.27. The molecule has 0 heterocycles. The van der Waals surface area contributed by atoms with Gasteiger partial charge in [0.15, 0.2) is 0 Å². The van der Waals surface area contributed by atoms with Crippen molar-refractivity contribution in [3.05, 3.63) is 160 Å². The smallest absolute Gasteiger partial charge is 0.342 e. The zero-order chi connectivity index (χ0) is 39.0. The van der Waals surface area contributed by atoms with Crippen LogP contribution < -0.4 is 9.64 Å². The van der Waals surface area contributed by atoms with Gasteiger partial charge in [0.05, 0.1) is 18.0 Å². The number of esters is 1. The Labute approximate surface area is 325 Å². The molecule has 0 aromatic heterocycles. The zero-order valence-corrected chi connectivity index (χ0v) is 33.0. The standard InChI is InChI=1S/C46H50N2O6S/c1-33-26-34(2)45(35(3)27-33)55(51,52)47(4)30-44(49)48(29-36-20-22-40(23-21-36)39-18-12-7-13-19-39)41-24-25-42(46(50)54-32-38-16-10-6-11-17-38)43(28-41)53-31-37-14-8-5-9-15-37/h5-6,8-11,14-17,20-28,39H,7,12-13,18-19,29-32H2,1-4H3. The molecular formula is C46H50N2O6S. The Hall–Kier alpha value is -5.25. The number of rotatable bonds is 14. The summed E-state index contributed by atoms with van der Waals surface area (Å²) in [4.78, 5) is 29.7. The van der Waals surface area contributed by atoms with Gasteiger partial charge in [0.2, 0.25) is 15.9 Å². The van der Waals surface area contributed by atoms with Crippen LogP contribution in [0.4, 0.5) is 5.69 Å². The summed E-state index contributed by atoms with van der Waals surface area (Å²) in [5, 5.41) is 0. The summed E-state index contributed by atoms with van der Waals surface area (Å²) in [7, 11) is -2.58. The topological polar surface area (TPSA) is 93.2 Å². The minimum absolute atomic E-state index is 0.0851. The highest BCUT2D eigenvalue weighted by molar-refractivity contribution is 7.89. The van der Waals surface area contributed by atoms with E-state index in [0.717, 1.165) is 26.6 Å². The maximum Gasteiger partial charge on any atom is 0.342 e. The van der Waals surface area contributed by atoms with E-state index in [2.05, 4.69) is 12.1 Å². The van der Waals surface area contributed by atoms with Gasteiger partial charge in [-0.05, 0) is 85.0 Å². The second kappa shape index (κ2) is 17.9. The summed E-state index contributed by atoms with van der Waals surface area (Å²) in [5.74, 6) is -0.217. The lowest BCUT2D eigenvalue weighted by atomic mass is 9.84. The molecule has 0 radical (unpaired) electrons. The van der Waals surface area contributed by atoms with Gasteiger partial charge in [-0.25, -0.2) is 13.2 Å². The molecule has 0 aliphatic heterocycles. The van der Waals surface area contributed by atoms with Crippen LogP contribution in [0, 0.1) is 20.8 Å². The lowest BCUT2D eigenvalue weighted by molar-refractivity contribution is -0.118. The van der Waals surface area contributed by atoms with Crippen LogP contribution in [0.15, 0.2) is 120 Å². The Morgan fingerprint density at radius 1 is 0.709 bits per heavy atom. The molecule has 286 valence electrons. The van der Waals surface area contributed by atoms with Crippen LogP contribution in [-0.2, 0) is 39.3 Å². The fourth-order valence-corrected chi connectivity index (χ4v) is 8.95. The van der Waals surface area contributed by atoms with E-state index in [-0.39, 0.29) is 36.0 Å². The third-order valence-corrected chi connectivity index (χ3v) is 12.4. The second-order valence-electron chi connectivity index (χ2n) is 14.6. The Kier molecular flexibility index (Phi) is 12.9. The number of anilines is 1. The molecule has 1 aliphatic rings. The zero-order valence-electron chi connectivity index (χ0n) is 32.2. The normalized spacial score (nSPS) is 13.4. The number of ether oxygens (including phenoxy) is 2. The first-order valence-electron chi connectivity index (χ1n) is 18.9. The first-order valence-corrected chi connectivity index (χ1v) is 20.4. The highest BCUT2D eigenvalue weighted by Crippen LogP contribution is 2.34. The number of aryl methyl sites for hydroxylation is 3. The monoisotopic (exact) mass is 758 g/mol. The van der Waals surface area contributed by atoms with Crippen molar-refractivity contribution in [1.82, 2.24) is 4.31 Å². The molecule has 0 unspecified atom stereocenters. The van der Waals surface area contributed by atoms with Crippen molar-refractivity contribution in [2.45, 2.75) is 83.4 Å². The van der Waals surface area contributed by atoms with Crippen LogP contribution in [0.25, 0.3) is 0 Å². The molecule has 8 nitrogen and oxygen atoms in total. The van der Waals surface area contributed by atoms with Crippen LogP contribution in [0.2, 0.25) is 0 Å². The molecule has 1 amide bonds. The van der Waals surface area contributed by atoms with Crippen LogP contribution in [0.1, 0.15) is 87.3 Å². The number of sulfonamides is 1. The fraction of sp³-hybridized carbons (Fsp3) is 0.304. The molecule has 55 heavy (non-hydrogen) atoms. The Balaban J connectivity index is 1.33. The number of amides is 1. The first kappa shape index (κ1) is 39.4. The van der Waals surface area contributed by atoms with Crippen molar-refractivity contribution < 1.29 is 27.5 Å². The molecule has 9 heteroatoms. The predicted octanol–water partition coefficient (Wildman–Crippen LogP) is 9.45. The van der Waals surface area contributed by atoms with Crippen molar-refractivity contribution in [2.75, 3.05) is 18.5 Å². The van der Waals surface area contributed by atoms with Crippen molar-refractivity contribution >= 4 is 27.6 Å². The van der Waals surface area contributed by atoms with Gasteiger partial charge in [0, 0.05) is 18.8 Å². The molecule has 6 rings (SSSR count). The maximum atomic E-state index is 14.4. The molecule has 0 bridgehead atoms. The van der Waals surface area contributed by atoms with E-state index in [0.29, 0.717) is 22.7 Å². The second-order valence-corrected chi connectivity index (χ2v) is 16.5. The molecule has 1 fully saturated rings. The number of hydrogen-bond acceptors (Lipinski definition) is 6. The van der Waals surface area contributed by atoms with Gasteiger partial charge in [-0.2, -0.15) is 4.31 Å². The van der Waals surface area contributed by atoms with Gasteiger partial charge in [0.25, 0.3) is 0 Å². The van der Waals surface area contributed by atoms with Crippen molar-refractivity contribution in [1.29, 1.82) is 0 Å². The summed E-state index contributed by atoms with van der Waals surface area (Å²) >= 11 is 0. The summed E-state index contributed by atoms with van der Waals surface area (Å²) in [6, 6.07) is 36.0. The number of carbonyl (C=O) groups is 2. The average Bonchev–Trinajstić information content (AvgIpc) is 3.19. The molecule has 0 saturated heterocycles. The van der Waals surface area contributed by atoms with Gasteiger partial charge in [-0.1, -0.05) is 122 Å². The van der Waals surface area contributed by atoms with Crippen molar-refractivity contribution in [3.8, 4) is 5.75 Å². The van der Waals surface area contributed by atoms with Crippen LogP contribution >= 0.6 is 0 Å². The number of benzene rings is 5. The van der Waals surface area contributed by atoms with E-state index in [1.165, 1.54) is 44.7 Å². The quantitative estimate of drug-likeness (QED) is 0.105.